The monoisotopic (exact) mass is 185 g/mol. The summed E-state index contributed by atoms with van der Waals surface area (Å²) >= 11 is 4.85. The Balaban J connectivity index is 2.70. The minimum absolute atomic E-state index is 0.0874. The Morgan fingerprint density at radius 3 is 2.58 bits per heavy atom. The van der Waals surface area contributed by atoms with E-state index in [1.165, 1.54) is 4.90 Å². The summed E-state index contributed by atoms with van der Waals surface area (Å²) in [5.41, 5.74) is 0. The average molecular weight is 185 g/mol. The van der Waals surface area contributed by atoms with Gasteiger partial charge in [-0.25, -0.2) is 0 Å². The van der Waals surface area contributed by atoms with Gasteiger partial charge in [0.15, 0.2) is 10.7 Å². The van der Waals surface area contributed by atoms with Gasteiger partial charge in [-0.1, -0.05) is 26.1 Å². The fraction of sp³-hybridized carbons (Fsp3) is 0.500. The Morgan fingerprint density at radius 2 is 2.25 bits per heavy atom. The van der Waals surface area contributed by atoms with E-state index in [-0.39, 0.29) is 16.7 Å². The molecule has 0 spiro atoms. The number of aliphatic hydroxyl groups excluding tert-OH is 1. The molecular formula is C8H11NO2S. The zero-order valence-corrected chi connectivity index (χ0v) is 7.89. The fourth-order valence-electron chi connectivity index (χ4n) is 1.03. The number of nitrogens with zero attached hydrogens (tertiary/aromatic N) is 1. The van der Waals surface area contributed by atoms with E-state index in [0.29, 0.717) is 12.5 Å². The average Bonchev–Trinajstić information content (AvgIpc) is 2.16. The van der Waals surface area contributed by atoms with Crippen LogP contribution in [0, 0.1) is 5.92 Å². The van der Waals surface area contributed by atoms with Crippen molar-refractivity contribution in [3.63, 3.8) is 0 Å². The standard InChI is InChI=1S/C8H11NO2S/c1-5(2)4-9-7(11)3-6(10)8(9)12/h3,5,10H,4H2,1-2H3. The van der Waals surface area contributed by atoms with Crippen LogP contribution in [-0.2, 0) is 4.79 Å². The lowest BCUT2D eigenvalue weighted by Crippen LogP contribution is -2.33. The molecule has 1 rings (SSSR count). The molecule has 0 aromatic heterocycles. The zero-order valence-electron chi connectivity index (χ0n) is 7.07. The molecule has 0 aromatic rings. The second-order valence-electron chi connectivity index (χ2n) is 3.18. The third-order valence-corrected chi connectivity index (χ3v) is 1.97. The van der Waals surface area contributed by atoms with E-state index in [2.05, 4.69) is 0 Å². The predicted molar refractivity (Wildman–Crippen MR) is 49.9 cm³/mol. The van der Waals surface area contributed by atoms with Gasteiger partial charge in [0.1, 0.15) is 0 Å². The van der Waals surface area contributed by atoms with Crippen molar-refractivity contribution in [1.29, 1.82) is 0 Å². The highest BCUT2D eigenvalue weighted by atomic mass is 32.1. The van der Waals surface area contributed by atoms with Crippen LogP contribution in [0.2, 0.25) is 0 Å². The van der Waals surface area contributed by atoms with Crippen LogP contribution in [0.25, 0.3) is 0 Å². The van der Waals surface area contributed by atoms with E-state index in [0.717, 1.165) is 6.08 Å². The first kappa shape index (κ1) is 9.19. The lowest BCUT2D eigenvalue weighted by atomic mass is 10.2. The number of carbonyl (C=O) groups is 1. The van der Waals surface area contributed by atoms with Gasteiger partial charge in [0.2, 0.25) is 0 Å². The van der Waals surface area contributed by atoms with Gasteiger partial charge in [0, 0.05) is 12.6 Å². The summed E-state index contributed by atoms with van der Waals surface area (Å²) in [7, 11) is 0. The number of thiocarbonyl (C=S) groups is 1. The minimum atomic E-state index is -0.216. The molecule has 66 valence electrons. The van der Waals surface area contributed by atoms with Gasteiger partial charge in [0.05, 0.1) is 0 Å². The lowest BCUT2D eigenvalue weighted by Gasteiger charge is -2.17. The van der Waals surface area contributed by atoms with Crippen molar-refractivity contribution in [2.24, 2.45) is 5.92 Å². The van der Waals surface area contributed by atoms with Crippen molar-refractivity contribution >= 4 is 23.1 Å². The molecule has 0 aromatic carbocycles. The Labute approximate surface area is 76.7 Å². The van der Waals surface area contributed by atoms with Crippen LogP contribution in [0.5, 0.6) is 0 Å². The van der Waals surface area contributed by atoms with Gasteiger partial charge in [-0.05, 0) is 5.92 Å². The van der Waals surface area contributed by atoms with Crippen LogP contribution in [0.1, 0.15) is 13.8 Å². The van der Waals surface area contributed by atoms with Gasteiger partial charge < -0.3 is 5.11 Å². The molecular weight excluding hydrogens is 174 g/mol. The second kappa shape index (κ2) is 3.23. The molecule has 0 aliphatic carbocycles. The summed E-state index contributed by atoms with van der Waals surface area (Å²) in [5, 5.41) is 9.11. The number of hydrogen-bond acceptors (Lipinski definition) is 3. The molecule has 0 saturated heterocycles. The molecule has 1 amide bonds. The largest absolute Gasteiger partial charge is 0.505 e. The molecule has 1 aliphatic rings. The third kappa shape index (κ3) is 1.64. The highest BCUT2D eigenvalue weighted by molar-refractivity contribution is 7.80. The Bertz CT molecular complexity index is 258. The molecule has 0 radical (unpaired) electrons. The quantitative estimate of drug-likeness (QED) is 0.658. The van der Waals surface area contributed by atoms with Crippen molar-refractivity contribution in [3.05, 3.63) is 11.8 Å². The van der Waals surface area contributed by atoms with Crippen molar-refractivity contribution in [3.8, 4) is 0 Å². The molecule has 3 nitrogen and oxygen atoms in total. The van der Waals surface area contributed by atoms with E-state index in [1.807, 2.05) is 13.8 Å². The summed E-state index contributed by atoms with van der Waals surface area (Å²) in [6.07, 6.45) is 1.16. The summed E-state index contributed by atoms with van der Waals surface area (Å²) in [4.78, 5) is 12.8. The molecule has 0 unspecified atom stereocenters. The van der Waals surface area contributed by atoms with Crippen LogP contribution >= 0.6 is 12.2 Å². The van der Waals surface area contributed by atoms with Crippen LogP contribution in [0.4, 0.5) is 0 Å². The van der Waals surface area contributed by atoms with Gasteiger partial charge in [-0.3, -0.25) is 9.69 Å². The normalized spacial score (nSPS) is 17.6. The number of carbonyl (C=O) groups excluding carboxylic acids is 1. The highest BCUT2D eigenvalue weighted by Crippen LogP contribution is 2.13. The highest BCUT2D eigenvalue weighted by Gasteiger charge is 2.27. The summed E-state index contributed by atoms with van der Waals surface area (Å²) in [6, 6.07) is 0. The minimum Gasteiger partial charge on any atom is -0.505 e. The summed E-state index contributed by atoms with van der Waals surface area (Å²) in [6.45, 7) is 4.55. The zero-order chi connectivity index (χ0) is 9.30. The number of rotatable bonds is 2. The third-order valence-electron chi connectivity index (χ3n) is 1.54. The molecule has 1 N–H and O–H groups in total. The molecule has 1 aliphatic heterocycles. The van der Waals surface area contributed by atoms with Gasteiger partial charge in [-0.15, -0.1) is 0 Å². The van der Waals surface area contributed by atoms with Crippen molar-refractivity contribution in [2.75, 3.05) is 6.54 Å². The first-order valence-corrected chi connectivity index (χ1v) is 4.19. The predicted octanol–water partition coefficient (Wildman–Crippen LogP) is 1.25. The summed E-state index contributed by atoms with van der Waals surface area (Å²) in [5.74, 6) is 0.0491. The van der Waals surface area contributed by atoms with E-state index in [9.17, 15) is 4.79 Å². The lowest BCUT2D eigenvalue weighted by molar-refractivity contribution is -0.122. The van der Waals surface area contributed by atoms with E-state index >= 15 is 0 Å². The molecule has 0 atom stereocenters. The first-order valence-electron chi connectivity index (χ1n) is 3.79. The molecule has 12 heavy (non-hydrogen) atoms. The topological polar surface area (TPSA) is 40.5 Å². The molecule has 0 bridgehead atoms. The summed E-state index contributed by atoms with van der Waals surface area (Å²) < 4.78 is 0. The smallest absolute Gasteiger partial charge is 0.255 e. The first-order chi connectivity index (χ1) is 5.52. The second-order valence-corrected chi connectivity index (χ2v) is 3.56. The molecule has 0 fully saturated rings. The van der Waals surface area contributed by atoms with Crippen LogP contribution in [0.15, 0.2) is 11.8 Å². The maximum atomic E-state index is 11.1. The van der Waals surface area contributed by atoms with Gasteiger partial charge >= 0.3 is 0 Å². The van der Waals surface area contributed by atoms with Crippen LogP contribution in [-0.4, -0.2) is 27.4 Å². The van der Waals surface area contributed by atoms with E-state index in [1.54, 1.807) is 0 Å². The fourth-order valence-corrected chi connectivity index (χ4v) is 1.26. The number of aliphatic hydroxyl groups is 1. The van der Waals surface area contributed by atoms with Gasteiger partial charge in [-0.2, -0.15) is 0 Å². The maximum absolute atomic E-state index is 11.1. The van der Waals surface area contributed by atoms with Crippen molar-refractivity contribution in [2.45, 2.75) is 13.8 Å². The molecule has 4 heteroatoms. The van der Waals surface area contributed by atoms with Crippen molar-refractivity contribution in [1.82, 2.24) is 4.90 Å². The maximum Gasteiger partial charge on any atom is 0.255 e. The Hall–Kier alpha value is -0.900. The molecule has 0 saturated carbocycles. The Morgan fingerprint density at radius 1 is 1.67 bits per heavy atom. The number of hydrogen-bond donors (Lipinski definition) is 1. The van der Waals surface area contributed by atoms with E-state index in [4.69, 9.17) is 17.3 Å². The van der Waals surface area contributed by atoms with Crippen LogP contribution < -0.4 is 0 Å². The van der Waals surface area contributed by atoms with Crippen LogP contribution in [0.3, 0.4) is 0 Å². The number of amides is 1. The van der Waals surface area contributed by atoms with Crippen molar-refractivity contribution < 1.29 is 9.90 Å². The van der Waals surface area contributed by atoms with Gasteiger partial charge in [0.25, 0.3) is 5.91 Å². The molecule has 1 heterocycles. The Kier molecular flexibility index (Phi) is 2.47. The SMILES string of the molecule is CC(C)CN1C(=O)C=C(O)C1=S. The van der Waals surface area contributed by atoms with E-state index < -0.39 is 0 Å².